The van der Waals surface area contributed by atoms with E-state index in [1.807, 2.05) is 0 Å². The van der Waals surface area contributed by atoms with E-state index >= 15 is 0 Å². The van der Waals surface area contributed by atoms with Crippen LogP contribution in [0.25, 0.3) is 0 Å². The average molecular weight is 382 g/mol. The van der Waals surface area contributed by atoms with Crippen molar-refractivity contribution in [2.75, 3.05) is 26.2 Å². The number of halogens is 3. The van der Waals surface area contributed by atoms with Gasteiger partial charge in [-0.1, -0.05) is 12.1 Å². The number of aliphatic hydroxyl groups is 1. The van der Waals surface area contributed by atoms with Gasteiger partial charge in [0, 0.05) is 13.1 Å². The first-order valence-electron chi connectivity index (χ1n) is 9.69. The number of alkyl halides is 3. The molecule has 4 saturated heterocycles. The van der Waals surface area contributed by atoms with E-state index in [-0.39, 0.29) is 30.4 Å². The molecule has 1 aromatic rings. The third-order valence-electron chi connectivity index (χ3n) is 6.56. The second kappa shape index (κ2) is 6.78. The highest BCUT2D eigenvalue weighted by atomic mass is 19.4. The van der Waals surface area contributed by atoms with Crippen LogP contribution in [-0.4, -0.2) is 53.0 Å². The maximum Gasteiger partial charge on any atom is 0.416 e. The van der Waals surface area contributed by atoms with Crippen LogP contribution in [0.3, 0.4) is 0 Å². The first kappa shape index (κ1) is 18.7. The normalized spacial score (nSPS) is 30.4. The quantitative estimate of drug-likeness (QED) is 0.855. The summed E-state index contributed by atoms with van der Waals surface area (Å²) in [5.41, 5.74) is -1.79. The second-order valence-electron chi connectivity index (χ2n) is 8.17. The van der Waals surface area contributed by atoms with Gasteiger partial charge in [-0.25, -0.2) is 0 Å². The molecule has 4 nitrogen and oxygen atoms in total. The van der Waals surface area contributed by atoms with Crippen LogP contribution < -0.4 is 0 Å². The highest BCUT2D eigenvalue weighted by Crippen LogP contribution is 2.38. The van der Waals surface area contributed by atoms with Gasteiger partial charge in [0.05, 0.1) is 17.2 Å². The van der Waals surface area contributed by atoms with E-state index in [2.05, 4.69) is 4.90 Å². The molecule has 2 bridgehead atoms. The molecule has 148 valence electrons. The maximum absolute atomic E-state index is 13.0. The zero-order chi connectivity index (χ0) is 19.2. The van der Waals surface area contributed by atoms with Crippen LogP contribution in [0.1, 0.15) is 43.2 Å². The number of nitrogens with zero attached hydrogens (tertiary/aromatic N) is 2. The van der Waals surface area contributed by atoms with Gasteiger partial charge in [0.15, 0.2) is 0 Å². The summed E-state index contributed by atoms with van der Waals surface area (Å²) in [5.74, 6) is 0.751. The van der Waals surface area contributed by atoms with Crippen molar-refractivity contribution in [1.82, 2.24) is 9.80 Å². The van der Waals surface area contributed by atoms with Crippen LogP contribution in [0.5, 0.6) is 0 Å². The lowest BCUT2D eigenvalue weighted by atomic mass is 9.81. The maximum atomic E-state index is 13.0. The van der Waals surface area contributed by atoms with Gasteiger partial charge < -0.3 is 10.0 Å². The van der Waals surface area contributed by atoms with Crippen LogP contribution >= 0.6 is 0 Å². The summed E-state index contributed by atoms with van der Waals surface area (Å²) in [5, 5.41) is 10.9. The topological polar surface area (TPSA) is 43.8 Å². The van der Waals surface area contributed by atoms with Gasteiger partial charge in [-0.2, -0.15) is 13.2 Å². The average Bonchev–Trinajstić information content (AvgIpc) is 2.68. The third-order valence-corrected chi connectivity index (χ3v) is 6.56. The van der Waals surface area contributed by atoms with Gasteiger partial charge in [0.1, 0.15) is 0 Å². The minimum atomic E-state index is -4.43. The molecule has 1 unspecified atom stereocenters. The van der Waals surface area contributed by atoms with E-state index in [0.29, 0.717) is 19.0 Å². The minimum Gasteiger partial charge on any atom is -0.385 e. The summed E-state index contributed by atoms with van der Waals surface area (Å²) in [6, 6.07) is 4.86. The van der Waals surface area contributed by atoms with E-state index in [1.165, 1.54) is 18.9 Å². The third kappa shape index (κ3) is 3.59. The number of benzene rings is 1. The van der Waals surface area contributed by atoms with Crippen LogP contribution in [0.4, 0.5) is 13.2 Å². The van der Waals surface area contributed by atoms with Crippen molar-refractivity contribution in [1.29, 1.82) is 0 Å². The molecule has 4 aliphatic heterocycles. The Morgan fingerprint density at radius 3 is 2.33 bits per heavy atom. The second-order valence-corrected chi connectivity index (χ2v) is 8.17. The predicted octanol–water partition coefficient (Wildman–Crippen LogP) is 3.00. The fourth-order valence-electron chi connectivity index (χ4n) is 4.80. The Morgan fingerprint density at radius 1 is 1.11 bits per heavy atom. The molecule has 0 spiro atoms. The molecule has 27 heavy (non-hydrogen) atoms. The molecule has 0 radical (unpaired) electrons. The van der Waals surface area contributed by atoms with Crippen molar-refractivity contribution in [3.63, 3.8) is 0 Å². The van der Waals surface area contributed by atoms with Crippen LogP contribution in [0.2, 0.25) is 0 Å². The van der Waals surface area contributed by atoms with E-state index in [9.17, 15) is 23.1 Å². The summed E-state index contributed by atoms with van der Waals surface area (Å²) in [6.45, 7) is 2.70. The van der Waals surface area contributed by atoms with E-state index in [4.69, 9.17) is 0 Å². The number of amides is 1. The Hall–Kier alpha value is -1.60. The molecule has 1 atom stereocenters. The van der Waals surface area contributed by atoms with Crippen molar-refractivity contribution < 1.29 is 23.1 Å². The fraction of sp³-hybridized carbons (Fsp3) is 0.650. The summed E-state index contributed by atoms with van der Waals surface area (Å²) >= 11 is 0. The lowest BCUT2D eigenvalue weighted by Gasteiger charge is -2.47. The molecule has 4 heterocycles. The summed E-state index contributed by atoms with van der Waals surface area (Å²) in [4.78, 5) is 17.0. The Balaban J connectivity index is 1.43. The summed E-state index contributed by atoms with van der Waals surface area (Å²) in [6.07, 6.45) is -0.671. The van der Waals surface area contributed by atoms with Crippen LogP contribution in [0.15, 0.2) is 24.3 Å². The van der Waals surface area contributed by atoms with Gasteiger partial charge in [-0.3, -0.25) is 9.69 Å². The molecule has 0 aromatic heterocycles. The molecular weight excluding hydrogens is 357 g/mol. The van der Waals surface area contributed by atoms with Crippen molar-refractivity contribution >= 4 is 5.91 Å². The number of carbonyl (C=O) groups is 1. The van der Waals surface area contributed by atoms with Gasteiger partial charge in [-0.15, -0.1) is 0 Å². The summed E-state index contributed by atoms with van der Waals surface area (Å²) < 4.78 is 38.9. The monoisotopic (exact) mass is 382 g/mol. The molecule has 0 saturated carbocycles. The molecule has 7 heteroatoms. The van der Waals surface area contributed by atoms with Gasteiger partial charge in [0.25, 0.3) is 0 Å². The Kier molecular flexibility index (Phi) is 4.71. The molecule has 4 fully saturated rings. The number of hydrogen-bond acceptors (Lipinski definition) is 3. The number of hydrogen-bond donors (Lipinski definition) is 1. The largest absolute Gasteiger partial charge is 0.416 e. The highest BCUT2D eigenvalue weighted by molar-refractivity contribution is 5.82. The Bertz CT molecular complexity index is 705. The van der Waals surface area contributed by atoms with E-state index in [0.717, 1.165) is 31.6 Å². The number of fused-ring (bicyclic) bond motifs is 3. The Morgan fingerprint density at radius 2 is 1.78 bits per heavy atom. The lowest BCUT2D eigenvalue weighted by molar-refractivity contribution is -0.145. The number of carbonyl (C=O) groups excluding carboxylic acids is 1. The number of rotatable bonds is 2. The molecule has 1 N–H and O–H groups in total. The molecular formula is C20H25F3N2O2. The first-order valence-corrected chi connectivity index (χ1v) is 9.69. The minimum absolute atomic E-state index is 0.0581. The number of piperidine rings is 4. The smallest absolute Gasteiger partial charge is 0.385 e. The molecule has 1 amide bonds. The fourth-order valence-corrected chi connectivity index (χ4v) is 4.80. The predicted molar refractivity (Wildman–Crippen MR) is 93.9 cm³/mol. The van der Waals surface area contributed by atoms with Gasteiger partial charge >= 0.3 is 6.18 Å². The molecule has 5 rings (SSSR count). The molecule has 0 aliphatic carbocycles. The zero-order valence-electron chi connectivity index (χ0n) is 15.2. The van der Waals surface area contributed by atoms with Crippen LogP contribution in [-0.2, 0) is 16.6 Å². The van der Waals surface area contributed by atoms with Gasteiger partial charge in [0.2, 0.25) is 5.91 Å². The van der Waals surface area contributed by atoms with Crippen LogP contribution in [0, 0.1) is 5.92 Å². The molecule has 1 aromatic carbocycles. The van der Waals surface area contributed by atoms with E-state index < -0.39 is 17.3 Å². The van der Waals surface area contributed by atoms with Crippen molar-refractivity contribution in [2.24, 2.45) is 5.92 Å². The Labute approximate surface area is 156 Å². The van der Waals surface area contributed by atoms with Crippen molar-refractivity contribution in [3.05, 3.63) is 35.4 Å². The zero-order valence-corrected chi connectivity index (χ0v) is 15.2. The van der Waals surface area contributed by atoms with E-state index in [1.54, 1.807) is 11.0 Å². The standard InChI is InChI=1S/C20H25F3N2O2/c21-20(22,23)16-3-1-2-15(13-16)19(27)6-10-25(11-7-19)18(26)17-12-14-4-8-24(17)9-5-14/h1-3,13-14,17,27H,4-12H2. The first-order chi connectivity index (χ1) is 12.8. The highest BCUT2D eigenvalue weighted by Gasteiger charge is 2.42. The lowest BCUT2D eigenvalue weighted by Crippen LogP contribution is -2.58. The SMILES string of the molecule is O=C(C1CC2CCN1CC2)N1CCC(O)(c2cccc(C(F)(F)F)c2)CC1. The molecule has 4 aliphatic rings. The number of likely N-dealkylation sites (tertiary alicyclic amines) is 1. The van der Waals surface area contributed by atoms with Crippen molar-refractivity contribution in [2.45, 2.75) is 49.9 Å². The van der Waals surface area contributed by atoms with Gasteiger partial charge in [-0.05, 0) is 68.8 Å². The summed E-state index contributed by atoms with van der Waals surface area (Å²) in [7, 11) is 0. The van der Waals surface area contributed by atoms with Crippen molar-refractivity contribution in [3.8, 4) is 0 Å².